The Balaban J connectivity index is 2.05. The summed E-state index contributed by atoms with van der Waals surface area (Å²) in [6.07, 6.45) is -0.00308. The van der Waals surface area contributed by atoms with E-state index in [0.717, 1.165) is 0 Å². The van der Waals surface area contributed by atoms with E-state index in [9.17, 15) is 19.1 Å². The summed E-state index contributed by atoms with van der Waals surface area (Å²) >= 11 is 0. The quantitative estimate of drug-likeness (QED) is 0.887. The zero-order valence-corrected chi connectivity index (χ0v) is 11.1. The number of aliphatic carboxylic acids is 1. The summed E-state index contributed by atoms with van der Waals surface area (Å²) in [4.78, 5) is 23.2. The van der Waals surface area contributed by atoms with E-state index in [-0.39, 0.29) is 12.2 Å². The first-order valence-corrected chi connectivity index (χ1v) is 6.38. The highest BCUT2D eigenvalue weighted by Crippen LogP contribution is 2.13. The minimum atomic E-state index is -1.13. The van der Waals surface area contributed by atoms with E-state index in [1.165, 1.54) is 24.3 Å². The van der Waals surface area contributed by atoms with Gasteiger partial charge in [-0.05, 0) is 23.3 Å². The maximum atomic E-state index is 12.8. The Morgan fingerprint density at radius 3 is 2.24 bits per heavy atom. The van der Waals surface area contributed by atoms with Crippen LogP contribution in [0.1, 0.15) is 17.2 Å². The lowest BCUT2D eigenvalue weighted by molar-refractivity contribution is -0.141. The number of benzene rings is 2. The molecule has 108 valence electrons. The third-order valence-electron chi connectivity index (χ3n) is 2.96. The fraction of sp³-hybridized carbons (Fsp3) is 0.125. The van der Waals surface area contributed by atoms with Gasteiger partial charge in [-0.2, -0.15) is 0 Å². The number of carbonyl (C=O) groups excluding carboxylic acids is 1. The predicted octanol–water partition coefficient (Wildman–Crippen LogP) is 2.31. The fourth-order valence-electron chi connectivity index (χ4n) is 1.93. The topological polar surface area (TPSA) is 66.4 Å². The molecule has 2 rings (SSSR count). The molecule has 5 heteroatoms. The molecule has 1 amide bonds. The van der Waals surface area contributed by atoms with Crippen molar-refractivity contribution in [3.63, 3.8) is 0 Å². The van der Waals surface area contributed by atoms with E-state index in [1.54, 1.807) is 30.3 Å². The van der Waals surface area contributed by atoms with E-state index >= 15 is 0 Å². The van der Waals surface area contributed by atoms with Crippen molar-refractivity contribution in [2.75, 3.05) is 0 Å². The van der Waals surface area contributed by atoms with Gasteiger partial charge in [-0.25, -0.2) is 9.18 Å². The molecule has 0 spiro atoms. The maximum absolute atomic E-state index is 12.8. The van der Waals surface area contributed by atoms with Crippen molar-refractivity contribution < 1.29 is 19.1 Å². The average Bonchev–Trinajstić information content (AvgIpc) is 2.48. The standard InChI is InChI=1S/C16H14FNO3/c17-13-8-6-11(7-9-13)10-14(19)18-15(16(20)21)12-4-2-1-3-5-12/h1-9,15H,10H2,(H,18,19)(H,20,21)/t15-/m1/s1. The Morgan fingerprint density at radius 2 is 1.67 bits per heavy atom. The second-order valence-electron chi connectivity index (χ2n) is 4.55. The highest BCUT2D eigenvalue weighted by Gasteiger charge is 2.21. The smallest absolute Gasteiger partial charge is 0.330 e. The molecule has 2 N–H and O–H groups in total. The number of halogens is 1. The van der Waals surface area contributed by atoms with Crippen molar-refractivity contribution in [1.82, 2.24) is 5.32 Å². The molecule has 0 aliphatic carbocycles. The lowest BCUT2D eigenvalue weighted by atomic mass is 10.1. The highest BCUT2D eigenvalue weighted by molar-refractivity contribution is 5.85. The molecule has 0 saturated heterocycles. The molecule has 0 aromatic heterocycles. The van der Waals surface area contributed by atoms with Gasteiger partial charge in [0, 0.05) is 0 Å². The Kier molecular flexibility index (Phi) is 4.66. The molecule has 0 heterocycles. The van der Waals surface area contributed by atoms with Crippen molar-refractivity contribution in [2.24, 2.45) is 0 Å². The molecule has 2 aromatic carbocycles. The molecule has 0 unspecified atom stereocenters. The molecule has 0 bridgehead atoms. The van der Waals surface area contributed by atoms with Gasteiger partial charge in [-0.3, -0.25) is 4.79 Å². The van der Waals surface area contributed by atoms with Crippen molar-refractivity contribution in [3.8, 4) is 0 Å². The van der Waals surface area contributed by atoms with Crippen molar-refractivity contribution in [3.05, 3.63) is 71.5 Å². The van der Waals surface area contributed by atoms with Crippen LogP contribution in [-0.2, 0) is 16.0 Å². The van der Waals surface area contributed by atoms with Crippen LogP contribution in [0.3, 0.4) is 0 Å². The van der Waals surface area contributed by atoms with Crippen LogP contribution in [0.25, 0.3) is 0 Å². The van der Waals surface area contributed by atoms with Crippen LogP contribution in [0.15, 0.2) is 54.6 Å². The molecule has 21 heavy (non-hydrogen) atoms. The molecule has 0 aliphatic heterocycles. The SMILES string of the molecule is O=C(Cc1ccc(F)cc1)N[C@@H](C(=O)O)c1ccccc1. The van der Waals surface area contributed by atoms with Gasteiger partial charge in [-0.15, -0.1) is 0 Å². The molecule has 0 radical (unpaired) electrons. The van der Waals surface area contributed by atoms with Crippen LogP contribution in [0.2, 0.25) is 0 Å². The van der Waals surface area contributed by atoms with Gasteiger partial charge < -0.3 is 10.4 Å². The number of carboxylic acid groups (broad SMARTS) is 1. The summed E-state index contributed by atoms with van der Waals surface area (Å²) in [6, 6.07) is 12.9. The first kappa shape index (κ1) is 14.7. The van der Waals surface area contributed by atoms with E-state index in [4.69, 9.17) is 0 Å². The summed E-state index contributed by atoms with van der Waals surface area (Å²) in [5.74, 6) is -1.95. The highest BCUT2D eigenvalue weighted by atomic mass is 19.1. The minimum Gasteiger partial charge on any atom is -0.479 e. The Hall–Kier alpha value is -2.69. The summed E-state index contributed by atoms with van der Waals surface area (Å²) in [7, 11) is 0. The van der Waals surface area contributed by atoms with Crippen LogP contribution in [-0.4, -0.2) is 17.0 Å². The molecule has 4 nitrogen and oxygen atoms in total. The van der Waals surface area contributed by atoms with Crippen LogP contribution >= 0.6 is 0 Å². The monoisotopic (exact) mass is 287 g/mol. The van der Waals surface area contributed by atoms with Crippen molar-refractivity contribution in [1.29, 1.82) is 0 Å². The second-order valence-corrected chi connectivity index (χ2v) is 4.55. The zero-order chi connectivity index (χ0) is 15.2. The zero-order valence-electron chi connectivity index (χ0n) is 11.1. The number of amides is 1. The van der Waals surface area contributed by atoms with Gasteiger partial charge in [0.25, 0.3) is 0 Å². The summed E-state index contributed by atoms with van der Waals surface area (Å²) in [6.45, 7) is 0. The van der Waals surface area contributed by atoms with Crippen LogP contribution < -0.4 is 5.32 Å². The Bertz CT molecular complexity index is 626. The van der Waals surface area contributed by atoms with Gasteiger partial charge >= 0.3 is 5.97 Å². The maximum Gasteiger partial charge on any atom is 0.330 e. The normalized spacial score (nSPS) is 11.7. The van der Waals surface area contributed by atoms with E-state index < -0.39 is 17.9 Å². The third kappa shape index (κ3) is 4.14. The largest absolute Gasteiger partial charge is 0.479 e. The first-order valence-electron chi connectivity index (χ1n) is 6.38. The number of nitrogens with one attached hydrogen (secondary N) is 1. The molecular weight excluding hydrogens is 273 g/mol. The number of carboxylic acids is 1. The Morgan fingerprint density at radius 1 is 1.05 bits per heavy atom. The first-order chi connectivity index (χ1) is 10.1. The van der Waals surface area contributed by atoms with E-state index in [2.05, 4.69) is 5.32 Å². The van der Waals surface area contributed by atoms with Gasteiger partial charge in [0.2, 0.25) is 5.91 Å². The van der Waals surface area contributed by atoms with Gasteiger partial charge in [0.05, 0.1) is 6.42 Å². The van der Waals surface area contributed by atoms with Crippen LogP contribution in [0.4, 0.5) is 4.39 Å². The number of hydrogen-bond acceptors (Lipinski definition) is 2. The summed E-state index contributed by atoms with van der Waals surface area (Å²) < 4.78 is 12.8. The lowest BCUT2D eigenvalue weighted by Gasteiger charge is -2.14. The molecular formula is C16H14FNO3. The average molecular weight is 287 g/mol. The van der Waals surface area contributed by atoms with Gasteiger partial charge in [0.1, 0.15) is 5.82 Å². The van der Waals surface area contributed by atoms with Crippen LogP contribution in [0.5, 0.6) is 0 Å². The second kappa shape index (κ2) is 6.65. The molecule has 0 saturated carbocycles. The van der Waals surface area contributed by atoms with Crippen molar-refractivity contribution in [2.45, 2.75) is 12.5 Å². The summed E-state index contributed by atoms with van der Waals surface area (Å²) in [5.41, 5.74) is 1.11. The number of carbonyl (C=O) groups is 2. The minimum absolute atomic E-state index is 0.00308. The Labute approximate surface area is 121 Å². The number of hydrogen-bond donors (Lipinski definition) is 2. The number of rotatable bonds is 5. The fourth-order valence-corrected chi connectivity index (χ4v) is 1.93. The summed E-state index contributed by atoms with van der Waals surface area (Å²) in [5, 5.41) is 11.7. The molecule has 0 fully saturated rings. The van der Waals surface area contributed by atoms with Gasteiger partial charge in [0.15, 0.2) is 6.04 Å². The molecule has 0 aliphatic rings. The van der Waals surface area contributed by atoms with E-state index in [0.29, 0.717) is 11.1 Å². The van der Waals surface area contributed by atoms with Crippen molar-refractivity contribution >= 4 is 11.9 Å². The predicted molar refractivity (Wildman–Crippen MR) is 75.1 cm³/mol. The van der Waals surface area contributed by atoms with Crippen LogP contribution in [0, 0.1) is 5.82 Å². The van der Waals surface area contributed by atoms with E-state index in [1.807, 2.05) is 0 Å². The third-order valence-corrected chi connectivity index (χ3v) is 2.96. The molecule has 1 atom stereocenters. The van der Waals surface area contributed by atoms with Gasteiger partial charge in [-0.1, -0.05) is 42.5 Å². The lowest BCUT2D eigenvalue weighted by Crippen LogP contribution is -2.34. The molecule has 2 aromatic rings.